The Kier molecular flexibility index (Phi) is 7.70. The first kappa shape index (κ1) is 17.6. The number of aliphatic hydroxyl groups is 1. The first-order valence-corrected chi connectivity index (χ1v) is 7.12. The SMILES string of the molecule is CCN(C)/C(Cl)=C(\SC)C(=O)NOCC(C)(C)O. The van der Waals surface area contributed by atoms with Gasteiger partial charge in [-0.2, -0.15) is 0 Å². The Balaban J connectivity index is 4.54. The van der Waals surface area contributed by atoms with Crippen molar-refractivity contribution >= 4 is 29.3 Å². The smallest absolute Gasteiger partial charge is 0.284 e. The molecule has 0 spiro atoms. The summed E-state index contributed by atoms with van der Waals surface area (Å²) in [6.07, 6.45) is 1.76. The molecule has 0 rings (SSSR count). The van der Waals surface area contributed by atoms with Crippen LogP contribution >= 0.6 is 23.4 Å². The lowest BCUT2D eigenvalue weighted by molar-refractivity contribution is -0.134. The van der Waals surface area contributed by atoms with E-state index in [9.17, 15) is 9.90 Å². The van der Waals surface area contributed by atoms with E-state index in [2.05, 4.69) is 5.48 Å². The number of nitrogens with zero attached hydrogens (tertiary/aromatic N) is 1. The molecular formula is C11H21ClN2O3S. The van der Waals surface area contributed by atoms with Gasteiger partial charge >= 0.3 is 0 Å². The second-order valence-electron chi connectivity index (χ2n) is 4.37. The highest BCUT2D eigenvalue weighted by molar-refractivity contribution is 8.03. The summed E-state index contributed by atoms with van der Waals surface area (Å²) in [5.41, 5.74) is 1.26. The molecule has 5 nitrogen and oxygen atoms in total. The van der Waals surface area contributed by atoms with E-state index in [4.69, 9.17) is 16.4 Å². The number of hydrogen-bond acceptors (Lipinski definition) is 5. The topological polar surface area (TPSA) is 61.8 Å². The number of halogens is 1. The summed E-state index contributed by atoms with van der Waals surface area (Å²) in [6.45, 7) is 5.80. The summed E-state index contributed by atoms with van der Waals surface area (Å²) in [4.78, 5) is 18.9. The van der Waals surface area contributed by atoms with Crippen LogP contribution in [0.15, 0.2) is 10.1 Å². The minimum atomic E-state index is -0.999. The molecule has 1 amide bonds. The highest BCUT2D eigenvalue weighted by atomic mass is 35.5. The van der Waals surface area contributed by atoms with E-state index in [0.29, 0.717) is 16.6 Å². The number of carbonyl (C=O) groups is 1. The van der Waals surface area contributed by atoms with E-state index in [1.54, 1.807) is 32.1 Å². The van der Waals surface area contributed by atoms with Gasteiger partial charge in [0.1, 0.15) is 16.7 Å². The fraction of sp³-hybridized carbons (Fsp3) is 0.727. The van der Waals surface area contributed by atoms with Crippen LogP contribution in [-0.4, -0.2) is 48.0 Å². The molecule has 106 valence electrons. The number of hydrogen-bond donors (Lipinski definition) is 2. The zero-order valence-corrected chi connectivity index (χ0v) is 13.0. The molecule has 0 aromatic rings. The normalized spacial score (nSPS) is 13.1. The third-order valence-electron chi connectivity index (χ3n) is 2.00. The van der Waals surface area contributed by atoms with E-state index in [1.807, 2.05) is 6.92 Å². The molecule has 0 aliphatic heterocycles. The number of nitrogens with one attached hydrogen (secondary N) is 1. The van der Waals surface area contributed by atoms with Crippen LogP contribution in [0.4, 0.5) is 0 Å². The average molecular weight is 297 g/mol. The lowest BCUT2D eigenvalue weighted by atomic mass is 10.2. The highest BCUT2D eigenvalue weighted by Gasteiger charge is 2.18. The highest BCUT2D eigenvalue weighted by Crippen LogP contribution is 2.22. The lowest BCUT2D eigenvalue weighted by Crippen LogP contribution is -2.34. The van der Waals surface area contributed by atoms with Gasteiger partial charge in [-0.15, -0.1) is 11.8 Å². The van der Waals surface area contributed by atoms with Crippen LogP contribution in [0.2, 0.25) is 0 Å². The van der Waals surface area contributed by atoms with Gasteiger partial charge < -0.3 is 10.0 Å². The van der Waals surface area contributed by atoms with E-state index in [1.165, 1.54) is 11.8 Å². The van der Waals surface area contributed by atoms with Gasteiger partial charge in [0.2, 0.25) is 0 Å². The number of carbonyl (C=O) groups excluding carboxylic acids is 1. The second kappa shape index (κ2) is 7.89. The van der Waals surface area contributed by atoms with Crippen molar-refractivity contribution in [1.29, 1.82) is 0 Å². The molecule has 0 atom stereocenters. The van der Waals surface area contributed by atoms with E-state index in [-0.39, 0.29) is 6.61 Å². The number of hydroxylamine groups is 1. The number of rotatable bonds is 7. The van der Waals surface area contributed by atoms with Gasteiger partial charge in [-0.05, 0) is 27.0 Å². The molecule has 0 saturated carbocycles. The molecule has 0 aromatic carbocycles. The quantitative estimate of drug-likeness (QED) is 0.424. The van der Waals surface area contributed by atoms with Crippen molar-refractivity contribution in [2.24, 2.45) is 0 Å². The van der Waals surface area contributed by atoms with Crippen LogP contribution in [0, 0.1) is 0 Å². The summed E-state index contributed by atoms with van der Waals surface area (Å²) in [6, 6.07) is 0. The van der Waals surface area contributed by atoms with E-state index < -0.39 is 11.5 Å². The molecule has 0 bridgehead atoms. The van der Waals surface area contributed by atoms with Crippen LogP contribution in [0.5, 0.6) is 0 Å². The maximum atomic E-state index is 11.8. The van der Waals surface area contributed by atoms with E-state index in [0.717, 1.165) is 0 Å². The third kappa shape index (κ3) is 6.49. The van der Waals surface area contributed by atoms with Gasteiger partial charge in [0.05, 0.1) is 5.60 Å². The van der Waals surface area contributed by atoms with Crippen LogP contribution in [0.3, 0.4) is 0 Å². The van der Waals surface area contributed by atoms with Crippen molar-refractivity contribution in [2.75, 3.05) is 26.5 Å². The monoisotopic (exact) mass is 296 g/mol. The van der Waals surface area contributed by atoms with Crippen molar-refractivity contribution in [2.45, 2.75) is 26.4 Å². The molecule has 0 aliphatic rings. The third-order valence-corrected chi connectivity index (χ3v) is 3.37. The van der Waals surface area contributed by atoms with Crippen LogP contribution in [-0.2, 0) is 9.63 Å². The number of thioether (sulfide) groups is 1. The van der Waals surface area contributed by atoms with Gasteiger partial charge in [0.15, 0.2) is 0 Å². The molecule has 0 radical (unpaired) electrons. The van der Waals surface area contributed by atoms with Gasteiger partial charge in [-0.25, -0.2) is 5.48 Å². The predicted molar refractivity (Wildman–Crippen MR) is 75.1 cm³/mol. The van der Waals surface area contributed by atoms with Crippen molar-refractivity contribution in [1.82, 2.24) is 10.4 Å². The molecule has 2 N–H and O–H groups in total. The zero-order valence-electron chi connectivity index (χ0n) is 11.4. The van der Waals surface area contributed by atoms with Crippen LogP contribution < -0.4 is 5.48 Å². The Morgan fingerprint density at radius 2 is 2.11 bits per heavy atom. The molecular weight excluding hydrogens is 276 g/mol. The van der Waals surface area contributed by atoms with E-state index >= 15 is 0 Å². The lowest BCUT2D eigenvalue weighted by Gasteiger charge is -2.19. The first-order valence-electron chi connectivity index (χ1n) is 5.52. The van der Waals surface area contributed by atoms with Crippen molar-refractivity contribution in [3.05, 3.63) is 10.1 Å². The number of amides is 1. The summed E-state index contributed by atoms with van der Waals surface area (Å²) in [5, 5.41) is 9.80. The average Bonchev–Trinajstić information content (AvgIpc) is 2.27. The van der Waals surface area contributed by atoms with Gasteiger partial charge in [-0.3, -0.25) is 9.63 Å². The Bertz CT molecular complexity index is 316. The van der Waals surface area contributed by atoms with Crippen molar-refractivity contribution in [3.63, 3.8) is 0 Å². The molecule has 18 heavy (non-hydrogen) atoms. The fourth-order valence-electron chi connectivity index (χ4n) is 0.907. The maximum Gasteiger partial charge on any atom is 0.284 e. The Morgan fingerprint density at radius 3 is 2.50 bits per heavy atom. The Hall–Kier alpha value is -0.430. The van der Waals surface area contributed by atoms with Crippen molar-refractivity contribution in [3.8, 4) is 0 Å². The minimum Gasteiger partial charge on any atom is -0.388 e. The van der Waals surface area contributed by atoms with Gasteiger partial charge in [-0.1, -0.05) is 11.6 Å². The Labute approximate surface area is 117 Å². The molecule has 0 heterocycles. The molecule has 0 aliphatic carbocycles. The summed E-state index contributed by atoms with van der Waals surface area (Å²) in [5.74, 6) is -0.419. The van der Waals surface area contributed by atoms with Crippen molar-refractivity contribution < 1.29 is 14.7 Å². The Morgan fingerprint density at radius 1 is 1.56 bits per heavy atom. The molecule has 0 saturated heterocycles. The fourth-order valence-corrected chi connectivity index (χ4v) is 1.90. The largest absolute Gasteiger partial charge is 0.388 e. The maximum absolute atomic E-state index is 11.8. The predicted octanol–water partition coefficient (Wildman–Crippen LogP) is 1.53. The second-order valence-corrected chi connectivity index (χ2v) is 5.55. The first-order chi connectivity index (χ1) is 8.22. The molecule has 0 fully saturated rings. The molecule has 0 aromatic heterocycles. The van der Waals surface area contributed by atoms with Crippen LogP contribution in [0.25, 0.3) is 0 Å². The minimum absolute atomic E-state index is 0.00162. The standard InChI is InChI=1S/C11H21ClN2O3S/c1-6-14(4)9(12)8(18-5)10(15)13-17-7-11(2,3)16/h16H,6-7H2,1-5H3,(H,13,15)/b9-8-. The molecule has 0 unspecified atom stereocenters. The summed E-state index contributed by atoms with van der Waals surface area (Å²) >= 11 is 7.32. The van der Waals surface area contributed by atoms with Crippen LogP contribution in [0.1, 0.15) is 20.8 Å². The van der Waals surface area contributed by atoms with Gasteiger partial charge in [0.25, 0.3) is 5.91 Å². The zero-order chi connectivity index (χ0) is 14.3. The molecule has 7 heteroatoms. The van der Waals surface area contributed by atoms with Gasteiger partial charge in [0, 0.05) is 13.6 Å². The summed E-state index contributed by atoms with van der Waals surface area (Å²) in [7, 11) is 1.80. The summed E-state index contributed by atoms with van der Waals surface area (Å²) < 4.78 is 0.